The third kappa shape index (κ3) is 2.62. The van der Waals surface area contributed by atoms with Crippen LogP contribution in [0.3, 0.4) is 0 Å². The molecule has 0 saturated carbocycles. The third-order valence-electron chi connectivity index (χ3n) is 3.06. The highest BCUT2D eigenvalue weighted by Gasteiger charge is 2.21. The van der Waals surface area contributed by atoms with E-state index in [1.807, 2.05) is 0 Å². The number of hydrogen-bond donors (Lipinski definition) is 2. The molecule has 1 aliphatic heterocycles. The molecular formula is C14H12ClN3O4. The van der Waals surface area contributed by atoms with Gasteiger partial charge in [0.1, 0.15) is 5.75 Å². The second-order valence-corrected chi connectivity index (χ2v) is 5.17. The number of amides is 2. The molecule has 0 spiro atoms. The molecule has 2 aromatic rings. The van der Waals surface area contributed by atoms with Gasteiger partial charge < -0.3 is 19.8 Å². The summed E-state index contributed by atoms with van der Waals surface area (Å²) in [7, 11) is 0. The average molecular weight is 322 g/mol. The van der Waals surface area contributed by atoms with Crippen molar-refractivity contribution in [3.63, 3.8) is 0 Å². The van der Waals surface area contributed by atoms with Crippen LogP contribution in [0.1, 0.15) is 22.1 Å². The molecule has 1 aromatic carbocycles. The Morgan fingerprint density at radius 3 is 2.86 bits per heavy atom. The van der Waals surface area contributed by atoms with Crippen LogP contribution in [0.4, 0.5) is 11.4 Å². The molecule has 22 heavy (non-hydrogen) atoms. The predicted molar refractivity (Wildman–Crippen MR) is 79.5 cm³/mol. The second kappa shape index (κ2) is 5.34. The first-order chi connectivity index (χ1) is 10.4. The van der Waals surface area contributed by atoms with E-state index < -0.39 is 5.91 Å². The predicted octanol–water partition coefficient (Wildman–Crippen LogP) is 2.53. The van der Waals surface area contributed by atoms with Crippen LogP contribution in [0.15, 0.2) is 16.5 Å². The van der Waals surface area contributed by atoms with E-state index in [9.17, 15) is 9.59 Å². The van der Waals surface area contributed by atoms with Crippen LogP contribution in [-0.4, -0.2) is 23.4 Å². The first-order valence-corrected chi connectivity index (χ1v) is 6.83. The summed E-state index contributed by atoms with van der Waals surface area (Å²) in [6, 6.07) is 3.07. The third-order valence-corrected chi connectivity index (χ3v) is 3.37. The number of aromatic nitrogens is 1. The van der Waals surface area contributed by atoms with Crippen LogP contribution in [0.5, 0.6) is 5.75 Å². The fraction of sp³-hybridized carbons (Fsp3) is 0.214. The van der Waals surface area contributed by atoms with Crippen molar-refractivity contribution in [2.24, 2.45) is 0 Å². The zero-order valence-electron chi connectivity index (χ0n) is 11.8. The van der Waals surface area contributed by atoms with Gasteiger partial charge in [-0.3, -0.25) is 9.59 Å². The molecule has 0 unspecified atom stereocenters. The molecule has 0 atom stereocenters. The number of oxazole rings is 1. The standard InChI is InChI=1S/C14H12ClN3O4/c1-6-13(22-7(2)16-6)14(20)18-9-4-11-10(3-8(9)15)17-12(19)5-21-11/h3-4H,5H2,1-2H3,(H,17,19)(H,18,20). The lowest BCUT2D eigenvalue weighted by molar-refractivity contribution is -0.118. The van der Waals surface area contributed by atoms with Crippen molar-refractivity contribution in [3.8, 4) is 5.75 Å². The molecule has 0 bridgehead atoms. The number of nitrogens with zero attached hydrogens (tertiary/aromatic N) is 1. The van der Waals surface area contributed by atoms with Gasteiger partial charge >= 0.3 is 0 Å². The Morgan fingerprint density at radius 2 is 2.18 bits per heavy atom. The van der Waals surface area contributed by atoms with Crippen molar-refractivity contribution in [2.75, 3.05) is 17.2 Å². The van der Waals surface area contributed by atoms with Crippen LogP contribution in [-0.2, 0) is 4.79 Å². The number of fused-ring (bicyclic) bond motifs is 1. The minimum Gasteiger partial charge on any atom is -0.482 e. The molecule has 8 heteroatoms. The molecule has 2 amide bonds. The summed E-state index contributed by atoms with van der Waals surface area (Å²) in [5.41, 5.74) is 1.31. The van der Waals surface area contributed by atoms with Gasteiger partial charge in [-0.1, -0.05) is 11.6 Å². The zero-order valence-corrected chi connectivity index (χ0v) is 12.6. The van der Waals surface area contributed by atoms with Gasteiger partial charge in [-0.15, -0.1) is 0 Å². The highest BCUT2D eigenvalue weighted by molar-refractivity contribution is 6.34. The van der Waals surface area contributed by atoms with Crippen LogP contribution in [0.25, 0.3) is 0 Å². The van der Waals surface area contributed by atoms with Crippen molar-refractivity contribution in [1.82, 2.24) is 4.98 Å². The summed E-state index contributed by atoms with van der Waals surface area (Å²) >= 11 is 6.12. The number of rotatable bonds is 2. The Kier molecular flexibility index (Phi) is 3.50. The van der Waals surface area contributed by atoms with Gasteiger partial charge in [-0.2, -0.15) is 0 Å². The largest absolute Gasteiger partial charge is 0.482 e. The lowest BCUT2D eigenvalue weighted by atomic mass is 10.2. The summed E-state index contributed by atoms with van der Waals surface area (Å²) in [5, 5.41) is 5.55. The normalized spacial score (nSPS) is 13.1. The highest BCUT2D eigenvalue weighted by Crippen LogP contribution is 2.36. The Morgan fingerprint density at radius 1 is 1.41 bits per heavy atom. The monoisotopic (exact) mass is 321 g/mol. The quantitative estimate of drug-likeness (QED) is 0.886. The zero-order chi connectivity index (χ0) is 15.9. The second-order valence-electron chi connectivity index (χ2n) is 4.77. The van der Waals surface area contributed by atoms with Crippen LogP contribution in [0, 0.1) is 13.8 Å². The topological polar surface area (TPSA) is 93.5 Å². The molecule has 7 nitrogen and oxygen atoms in total. The minimum absolute atomic E-state index is 0.0809. The van der Waals surface area contributed by atoms with Crippen molar-refractivity contribution >= 4 is 34.8 Å². The number of aryl methyl sites for hydroxylation is 2. The maximum Gasteiger partial charge on any atom is 0.293 e. The maximum absolute atomic E-state index is 12.2. The fourth-order valence-corrected chi connectivity index (χ4v) is 2.33. The van der Waals surface area contributed by atoms with Crippen LogP contribution in [0.2, 0.25) is 5.02 Å². The van der Waals surface area contributed by atoms with Gasteiger partial charge in [0.05, 0.1) is 22.1 Å². The molecule has 1 aromatic heterocycles. The van der Waals surface area contributed by atoms with Gasteiger partial charge in [0.2, 0.25) is 5.76 Å². The lowest BCUT2D eigenvalue weighted by Gasteiger charge is -2.19. The van der Waals surface area contributed by atoms with Gasteiger partial charge in [-0.05, 0) is 13.0 Å². The number of benzene rings is 1. The summed E-state index contributed by atoms with van der Waals surface area (Å²) in [6.07, 6.45) is 0. The van der Waals surface area contributed by atoms with E-state index in [0.29, 0.717) is 28.7 Å². The van der Waals surface area contributed by atoms with E-state index in [1.165, 1.54) is 6.07 Å². The van der Waals surface area contributed by atoms with Crippen molar-refractivity contribution in [3.05, 3.63) is 34.5 Å². The first-order valence-electron chi connectivity index (χ1n) is 6.45. The Hall–Kier alpha value is -2.54. The molecule has 1 aliphatic rings. The average Bonchev–Trinajstić information content (AvgIpc) is 2.79. The van der Waals surface area contributed by atoms with Crippen molar-refractivity contribution in [1.29, 1.82) is 0 Å². The van der Waals surface area contributed by atoms with Crippen molar-refractivity contribution in [2.45, 2.75) is 13.8 Å². The Balaban J connectivity index is 1.88. The molecule has 0 radical (unpaired) electrons. The van der Waals surface area contributed by atoms with E-state index >= 15 is 0 Å². The molecule has 0 fully saturated rings. The van der Waals surface area contributed by atoms with Gasteiger partial charge in [0.25, 0.3) is 11.8 Å². The number of ether oxygens (including phenoxy) is 1. The summed E-state index contributed by atoms with van der Waals surface area (Å²) in [4.78, 5) is 27.5. The maximum atomic E-state index is 12.2. The van der Waals surface area contributed by atoms with Gasteiger partial charge in [0, 0.05) is 13.0 Å². The Labute approximate surface area is 130 Å². The lowest BCUT2D eigenvalue weighted by Crippen LogP contribution is -2.25. The van der Waals surface area contributed by atoms with Crippen LogP contribution < -0.4 is 15.4 Å². The minimum atomic E-state index is -0.459. The first kappa shape index (κ1) is 14.4. The van der Waals surface area contributed by atoms with Gasteiger partial charge in [-0.25, -0.2) is 4.98 Å². The van der Waals surface area contributed by atoms with Crippen molar-refractivity contribution < 1.29 is 18.7 Å². The number of anilines is 2. The molecule has 114 valence electrons. The van der Waals surface area contributed by atoms with Crippen LogP contribution >= 0.6 is 11.6 Å². The summed E-state index contributed by atoms with van der Waals surface area (Å²) in [5.74, 6) is 0.253. The number of carbonyl (C=O) groups is 2. The summed E-state index contributed by atoms with van der Waals surface area (Å²) in [6.45, 7) is 3.26. The SMILES string of the molecule is Cc1nc(C)c(C(=O)Nc2cc3c(cc2Cl)NC(=O)CO3)o1. The smallest absolute Gasteiger partial charge is 0.293 e. The molecule has 2 N–H and O–H groups in total. The molecule has 2 heterocycles. The summed E-state index contributed by atoms with van der Waals surface area (Å²) < 4.78 is 10.5. The fourth-order valence-electron chi connectivity index (χ4n) is 2.12. The van der Waals surface area contributed by atoms with E-state index in [2.05, 4.69) is 15.6 Å². The highest BCUT2D eigenvalue weighted by atomic mass is 35.5. The van der Waals surface area contributed by atoms with E-state index in [-0.39, 0.29) is 23.3 Å². The molecule has 0 aliphatic carbocycles. The molecule has 0 saturated heterocycles. The number of hydrogen-bond acceptors (Lipinski definition) is 5. The number of carbonyl (C=O) groups excluding carboxylic acids is 2. The number of nitrogens with one attached hydrogen (secondary N) is 2. The van der Waals surface area contributed by atoms with E-state index in [0.717, 1.165) is 0 Å². The van der Waals surface area contributed by atoms with E-state index in [4.69, 9.17) is 20.8 Å². The molecule has 3 rings (SSSR count). The van der Waals surface area contributed by atoms with Gasteiger partial charge in [0.15, 0.2) is 12.5 Å². The van der Waals surface area contributed by atoms with E-state index in [1.54, 1.807) is 19.9 Å². The Bertz CT molecular complexity index is 785. The number of halogens is 1. The molecular weight excluding hydrogens is 310 g/mol.